The van der Waals surface area contributed by atoms with Gasteiger partial charge in [0.05, 0.1) is 31.7 Å². The Kier molecular flexibility index (Phi) is 6.10. The molecule has 1 heterocycles. The van der Waals surface area contributed by atoms with Crippen molar-refractivity contribution in [1.29, 1.82) is 0 Å². The van der Waals surface area contributed by atoms with Crippen molar-refractivity contribution < 1.29 is 19.8 Å². The van der Waals surface area contributed by atoms with E-state index in [0.29, 0.717) is 11.3 Å². The van der Waals surface area contributed by atoms with Gasteiger partial charge in [-0.25, -0.2) is 0 Å². The second-order valence-electron chi connectivity index (χ2n) is 6.99. The maximum absolute atomic E-state index is 13.1. The van der Waals surface area contributed by atoms with Gasteiger partial charge in [0.2, 0.25) is 0 Å². The van der Waals surface area contributed by atoms with Crippen LogP contribution in [-0.4, -0.2) is 21.9 Å². The first kappa shape index (κ1) is 22.5. The predicted molar refractivity (Wildman–Crippen MR) is 126 cm³/mol. The van der Waals surface area contributed by atoms with Crippen LogP contribution in [0.1, 0.15) is 17.2 Å². The third-order valence-corrected chi connectivity index (χ3v) is 6.48. The lowest BCUT2D eigenvalue weighted by atomic mass is 9.95. The topological polar surface area (TPSA) is 77.8 Å². The Bertz CT molecular complexity index is 1300. The van der Waals surface area contributed by atoms with Gasteiger partial charge in [-0.2, -0.15) is 0 Å². The number of ketones is 1. The van der Waals surface area contributed by atoms with Gasteiger partial charge in [-0.3, -0.25) is 14.5 Å². The number of halogens is 4. The molecule has 162 valence electrons. The predicted octanol–water partition coefficient (Wildman–Crippen LogP) is 6.63. The molecule has 1 unspecified atom stereocenters. The third-order valence-electron chi connectivity index (χ3n) is 5.00. The molecule has 1 aliphatic heterocycles. The summed E-state index contributed by atoms with van der Waals surface area (Å²) in [6, 6.07) is 13.8. The minimum absolute atomic E-state index is 0.0724. The number of rotatable bonds is 3. The fraction of sp³-hybridized carbons (Fsp3) is 0.0435. The molecule has 0 aromatic heterocycles. The fourth-order valence-corrected chi connectivity index (χ4v) is 4.13. The highest BCUT2D eigenvalue weighted by atomic mass is 35.5. The van der Waals surface area contributed by atoms with E-state index in [1.54, 1.807) is 12.1 Å². The number of phenolic OH excluding ortho intramolecular Hbond substituents is 1. The van der Waals surface area contributed by atoms with E-state index < -0.39 is 23.5 Å². The van der Waals surface area contributed by atoms with Crippen molar-refractivity contribution >= 4 is 69.5 Å². The van der Waals surface area contributed by atoms with E-state index in [1.165, 1.54) is 53.4 Å². The molecule has 32 heavy (non-hydrogen) atoms. The van der Waals surface area contributed by atoms with Crippen LogP contribution in [-0.2, 0) is 9.59 Å². The standard InChI is InChI=1S/C23H13Cl4NO4/c24-15-6-4-12(9-17(15)26)21(30)19-20(11-2-1-3-14(29)8-11)28(23(32)22(19)31)13-5-7-16(25)18(27)10-13/h1-10,20,29-30H/b21-19+. The van der Waals surface area contributed by atoms with Gasteiger partial charge in [-0.05, 0) is 54.1 Å². The van der Waals surface area contributed by atoms with Gasteiger partial charge in [0.15, 0.2) is 0 Å². The van der Waals surface area contributed by atoms with E-state index in [-0.39, 0.29) is 37.0 Å². The molecule has 0 radical (unpaired) electrons. The van der Waals surface area contributed by atoms with E-state index in [0.717, 1.165) is 0 Å². The summed E-state index contributed by atoms with van der Waals surface area (Å²) in [6.07, 6.45) is 0. The van der Waals surface area contributed by atoms with Gasteiger partial charge in [-0.1, -0.05) is 58.5 Å². The molecular formula is C23H13Cl4NO4. The Labute approximate surface area is 203 Å². The van der Waals surface area contributed by atoms with Crippen molar-refractivity contribution in [3.63, 3.8) is 0 Å². The van der Waals surface area contributed by atoms with Crippen LogP contribution in [0, 0.1) is 0 Å². The van der Waals surface area contributed by atoms with Crippen LogP contribution in [0.2, 0.25) is 20.1 Å². The van der Waals surface area contributed by atoms with Gasteiger partial charge in [0.1, 0.15) is 11.5 Å². The number of carbonyl (C=O) groups excluding carboxylic acids is 2. The van der Waals surface area contributed by atoms with E-state index >= 15 is 0 Å². The summed E-state index contributed by atoms with van der Waals surface area (Å²) in [6.45, 7) is 0. The van der Waals surface area contributed by atoms with Gasteiger partial charge in [0.25, 0.3) is 11.7 Å². The summed E-state index contributed by atoms with van der Waals surface area (Å²) in [7, 11) is 0. The van der Waals surface area contributed by atoms with Crippen molar-refractivity contribution in [2.45, 2.75) is 6.04 Å². The van der Waals surface area contributed by atoms with Crippen LogP contribution in [0.5, 0.6) is 5.75 Å². The third kappa shape index (κ3) is 3.93. The number of nitrogens with zero attached hydrogens (tertiary/aromatic N) is 1. The van der Waals surface area contributed by atoms with Crippen LogP contribution < -0.4 is 4.90 Å². The number of amides is 1. The lowest BCUT2D eigenvalue weighted by Gasteiger charge is -2.26. The van der Waals surface area contributed by atoms with Gasteiger partial charge >= 0.3 is 0 Å². The monoisotopic (exact) mass is 507 g/mol. The number of hydrogen-bond acceptors (Lipinski definition) is 4. The lowest BCUT2D eigenvalue weighted by Crippen LogP contribution is -2.29. The van der Waals surface area contributed by atoms with Crippen LogP contribution in [0.15, 0.2) is 66.2 Å². The molecular weight excluding hydrogens is 496 g/mol. The molecule has 2 N–H and O–H groups in total. The number of anilines is 1. The number of benzene rings is 3. The maximum atomic E-state index is 13.1. The Morgan fingerprint density at radius 2 is 1.47 bits per heavy atom. The van der Waals surface area contributed by atoms with Crippen molar-refractivity contribution in [2.24, 2.45) is 0 Å². The van der Waals surface area contributed by atoms with E-state index in [4.69, 9.17) is 46.4 Å². The summed E-state index contributed by atoms with van der Waals surface area (Å²) in [5.41, 5.74) is 0.724. The number of aromatic hydroxyl groups is 1. The van der Waals surface area contributed by atoms with E-state index in [9.17, 15) is 19.8 Å². The number of aliphatic hydroxyl groups excluding tert-OH is 1. The number of hydrogen-bond donors (Lipinski definition) is 2. The first-order chi connectivity index (χ1) is 15.2. The Balaban J connectivity index is 1.97. The Morgan fingerprint density at radius 1 is 0.812 bits per heavy atom. The average Bonchev–Trinajstić information content (AvgIpc) is 3.02. The number of aliphatic hydroxyl groups is 1. The molecule has 0 bridgehead atoms. The molecule has 1 saturated heterocycles. The van der Waals surface area contributed by atoms with E-state index in [2.05, 4.69) is 0 Å². The summed E-state index contributed by atoms with van der Waals surface area (Å²) < 4.78 is 0. The van der Waals surface area contributed by atoms with Crippen molar-refractivity contribution in [3.8, 4) is 5.75 Å². The second-order valence-corrected chi connectivity index (χ2v) is 8.62. The summed E-state index contributed by atoms with van der Waals surface area (Å²) in [5, 5.41) is 22.0. The molecule has 1 fully saturated rings. The Morgan fingerprint density at radius 3 is 2.09 bits per heavy atom. The highest BCUT2D eigenvalue weighted by molar-refractivity contribution is 6.52. The minimum atomic E-state index is -1.05. The molecule has 9 heteroatoms. The SMILES string of the molecule is O=C1C(=O)N(c2ccc(Cl)c(Cl)c2)C(c2cccc(O)c2)/C1=C(\O)c1ccc(Cl)c(Cl)c1. The van der Waals surface area contributed by atoms with Crippen LogP contribution in [0.25, 0.3) is 5.76 Å². The molecule has 0 spiro atoms. The zero-order valence-corrected chi connectivity index (χ0v) is 19.0. The number of Topliss-reactive ketones (excluding diaryl/α,β-unsaturated/α-hetero) is 1. The highest BCUT2D eigenvalue weighted by Gasteiger charge is 2.47. The quantitative estimate of drug-likeness (QED) is 0.236. The summed E-state index contributed by atoms with van der Waals surface area (Å²) >= 11 is 24.2. The first-order valence-corrected chi connectivity index (χ1v) is 10.7. The molecule has 3 aromatic rings. The summed E-state index contributed by atoms with van der Waals surface area (Å²) in [5.74, 6) is -2.29. The normalized spacial score (nSPS) is 17.8. The average molecular weight is 509 g/mol. The lowest BCUT2D eigenvalue weighted by molar-refractivity contribution is -0.132. The van der Waals surface area contributed by atoms with Gasteiger partial charge in [-0.15, -0.1) is 0 Å². The molecule has 5 nitrogen and oxygen atoms in total. The zero-order valence-electron chi connectivity index (χ0n) is 16.0. The maximum Gasteiger partial charge on any atom is 0.300 e. The van der Waals surface area contributed by atoms with E-state index in [1.807, 2.05) is 0 Å². The van der Waals surface area contributed by atoms with Gasteiger partial charge < -0.3 is 10.2 Å². The number of carbonyl (C=O) groups is 2. The van der Waals surface area contributed by atoms with Crippen molar-refractivity contribution in [1.82, 2.24) is 0 Å². The Hall–Kier alpha value is -2.70. The molecule has 0 aliphatic carbocycles. The smallest absolute Gasteiger partial charge is 0.300 e. The largest absolute Gasteiger partial charge is 0.508 e. The first-order valence-electron chi connectivity index (χ1n) is 9.19. The van der Waals surface area contributed by atoms with Crippen LogP contribution in [0.4, 0.5) is 5.69 Å². The van der Waals surface area contributed by atoms with Crippen LogP contribution >= 0.6 is 46.4 Å². The molecule has 1 atom stereocenters. The summed E-state index contributed by atoms with van der Waals surface area (Å²) in [4.78, 5) is 27.4. The van der Waals surface area contributed by atoms with Crippen LogP contribution in [0.3, 0.4) is 0 Å². The van der Waals surface area contributed by atoms with Crippen molar-refractivity contribution in [2.75, 3.05) is 4.90 Å². The van der Waals surface area contributed by atoms with Gasteiger partial charge in [0, 0.05) is 11.3 Å². The minimum Gasteiger partial charge on any atom is -0.508 e. The fourth-order valence-electron chi connectivity index (χ4n) is 3.54. The second kappa shape index (κ2) is 8.68. The number of phenols is 1. The zero-order chi connectivity index (χ0) is 23.2. The molecule has 1 aliphatic rings. The molecule has 1 amide bonds. The van der Waals surface area contributed by atoms with Crippen molar-refractivity contribution in [3.05, 3.63) is 97.5 Å². The highest BCUT2D eigenvalue weighted by Crippen LogP contribution is 2.44. The molecule has 3 aromatic carbocycles. The molecule has 4 rings (SSSR count). The molecule has 0 saturated carbocycles.